The summed E-state index contributed by atoms with van der Waals surface area (Å²) >= 11 is 1.76. The van der Waals surface area contributed by atoms with E-state index < -0.39 is 0 Å². The number of nitrogens with zero attached hydrogens (tertiary/aromatic N) is 8. The van der Waals surface area contributed by atoms with Crippen molar-refractivity contribution in [3.63, 3.8) is 0 Å². The molecule has 0 aliphatic rings. The predicted octanol–water partition coefficient (Wildman–Crippen LogP) is 23.7. The second-order valence-corrected chi connectivity index (χ2v) is 26.4. The van der Waals surface area contributed by atoms with E-state index in [1.807, 2.05) is 84.9 Å². The Morgan fingerprint density at radius 1 is 0.238 bits per heavy atom. The standard InChI is InChI=1S/C90H52N8O2S/c1-4-17-53(18-5-1)54-31-33-57(34-32-54)64-51-76(79-73-28-15-47-91-89(73)99-77(79)52-64)88-96-83(59-19-6-2-7-20-59)93-85(97-88)71-45-43-65(67-23-10-11-24-68(67)71)58-39-35-55(36-40-58)61-41-37-56-38-42-62(50-63(56)49-61)66-44-46-72(80-74-29-16-48-92-90(74)100-81(66)80)86-94-84(60-21-8-3-9-22-60)95-87(98-86)75-27-14-26-70-69-25-12-13-30-78(69)101-82(70)75/h1-52H. The molecule has 0 spiro atoms. The summed E-state index contributed by atoms with van der Waals surface area (Å²) in [6.07, 6.45) is 3.53. The first-order valence-electron chi connectivity index (χ1n) is 33.5. The van der Waals surface area contributed by atoms with Gasteiger partial charge in [-0.15, -0.1) is 11.3 Å². The van der Waals surface area contributed by atoms with Crippen LogP contribution in [0.25, 0.3) is 210 Å². The van der Waals surface area contributed by atoms with E-state index in [2.05, 4.69) is 223 Å². The van der Waals surface area contributed by atoms with Crippen molar-refractivity contribution in [3.8, 4) is 124 Å². The zero-order valence-electron chi connectivity index (χ0n) is 53.8. The lowest BCUT2D eigenvalue weighted by atomic mass is 9.92. The highest BCUT2D eigenvalue weighted by Gasteiger charge is 2.25. The smallest absolute Gasteiger partial charge is 0.227 e. The van der Waals surface area contributed by atoms with Gasteiger partial charge in [0.25, 0.3) is 0 Å². The van der Waals surface area contributed by atoms with Crippen molar-refractivity contribution in [2.45, 2.75) is 0 Å². The summed E-state index contributed by atoms with van der Waals surface area (Å²) in [6, 6.07) is 106. The summed E-state index contributed by atoms with van der Waals surface area (Å²) in [5.41, 5.74) is 18.4. The van der Waals surface area contributed by atoms with Gasteiger partial charge in [-0.25, -0.2) is 39.9 Å². The van der Waals surface area contributed by atoms with Crippen LogP contribution >= 0.6 is 11.3 Å². The lowest BCUT2D eigenvalue weighted by molar-refractivity contribution is 0.654. The van der Waals surface area contributed by atoms with E-state index in [0.717, 1.165) is 137 Å². The second kappa shape index (κ2) is 23.7. The molecule has 0 saturated heterocycles. The molecule has 20 aromatic rings. The van der Waals surface area contributed by atoms with Crippen LogP contribution < -0.4 is 0 Å². The summed E-state index contributed by atoms with van der Waals surface area (Å²) in [5.74, 6) is 3.39. The van der Waals surface area contributed by atoms with Crippen molar-refractivity contribution in [2.24, 2.45) is 0 Å². The molecule has 470 valence electrons. The topological polar surface area (TPSA) is 129 Å². The van der Waals surface area contributed by atoms with Gasteiger partial charge in [0.1, 0.15) is 11.2 Å². The quantitative estimate of drug-likeness (QED) is 0.123. The minimum absolute atomic E-state index is 0.527. The number of hydrogen-bond donors (Lipinski definition) is 0. The molecule has 0 fully saturated rings. The number of fused-ring (bicyclic) bond motifs is 11. The average Bonchev–Trinajstić information content (AvgIpc) is 1.56. The Morgan fingerprint density at radius 3 is 1.40 bits per heavy atom. The van der Waals surface area contributed by atoms with Gasteiger partial charge in [-0.05, 0) is 150 Å². The Morgan fingerprint density at radius 2 is 0.703 bits per heavy atom. The van der Waals surface area contributed by atoms with Crippen LogP contribution in [0.3, 0.4) is 0 Å². The zero-order chi connectivity index (χ0) is 66.5. The lowest BCUT2D eigenvalue weighted by Gasteiger charge is -2.14. The molecule has 7 heterocycles. The number of benzene rings is 13. The fraction of sp³-hybridized carbons (Fsp3) is 0. The third-order valence-electron chi connectivity index (χ3n) is 19.4. The largest absolute Gasteiger partial charge is 0.438 e. The molecular weight excluding hydrogens is 1260 g/mol. The van der Waals surface area contributed by atoms with Gasteiger partial charge in [0.2, 0.25) is 11.4 Å². The molecular formula is C90H52N8O2S. The first kappa shape index (κ1) is 57.7. The van der Waals surface area contributed by atoms with E-state index in [1.165, 1.54) is 15.5 Å². The Bertz CT molecular complexity index is 6690. The van der Waals surface area contributed by atoms with Gasteiger partial charge < -0.3 is 8.83 Å². The van der Waals surface area contributed by atoms with Crippen molar-refractivity contribution in [1.29, 1.82) is 0 Å². The molecule has 7 aromatic heterocycles. The summed E-state index contributed by atoms with van der Waals surface area (Å²) in [6.45, 7) is 0. The maximum atomic E-state index is 6.83. The van der Waals surface area contributed by atoms with Crippen LogP contribution in [0.5, 0.6) is 0 Å². The highest BCUT2D eigenvalue weighted by molar-refractivity contribution is 7.26. The number of thiophene rings is 1. The molecule has 0 saturated carbocycles. The van der Waals surface area contributed by atoms with Crippen LogP contribution in [0.4, 0.5) is 0 Å². The maximum Gasteiger partial charge on any atom is 0.227 e. The van der Waals surface area contributed by atoms with E-state index in [9.17, 15) is 0 Å². The molecule has 0 bridgehead atoms. The molecule has 0 radical (unpaired) electrons. The molecule has 11 heteroatoms. The number of rotatable bonds is 11. The average molecular weight is 1310 g/mol. The number of hydrogen-bond acceptors (Lipinski definition) is 11. The highest BCUT2D eigenvalue weighted by Crippen LogP contribution is 2.46. The summed E-state index contributed by atoms with van der Waals surface area (Å²) in [5, 5.41) is 10.2. The normalized spacial score (nSPS) is 11.8. The molecule has 10 nitrogen and oxygen atoms in total. The first-order valence-corrected chi connectivity index (χ1v) is 34.3. The Kier molecular flexibility index (Phi) is 13.5. The molecule has 20 rings (SSSR count). The molecule has 101 heavy (non-hydrogen) atoms. The molecule has 0 aliphatic carbocycles. The number of aromatic nitrogens is 8. The van der Waals surface area contributed by atoms with Crippen LogP contribution in [0.15, 0.2) is 325 Å². The van der Waals surface area contributed by atoms with E-state index in [-0.39, 0.29) is 0 Å². The van der Waals surface area contributed by atoms with Gasteiger partial charge in [0.05, 0.1) is 0 Å². The number of furan rings is 2. The third kappa shape index (κ3) is 10.0. The monoisotopic (exact) mass is 1310 g/mol. The van der Waals surface area contributed by atoms with Gasteiger partial charge in [-0.1, -0.05) is 224 Å². The van der Waals surface area contributed by atoms with Crippen molar-refractivity contribution < 1.29 is 8.83 Å². The lowest BCUT2D eigenvalue weighted by Crippen LogP contribution is -2.01. The Hall–Kier alpha value is -13.5. The van der Waals surface area contributed by atoms with Gasteiger partial charge in [-0.2, -0.15) is 0 Å². The molecule has 0 aliphatic heterocycles. The Labute approximate surface area is 581 Å². The van der Waals surface area contributed by atoms with Crippen LogP contribution in [-0.4, -0.2) is 39.9 Å². The fourth-order valence-corrected chi connectivity index (χ4v) is 15.7. The van der Waals surface area contributed by atoms with E-state index in [0.29, 0.717) is 57.5 Å². The van der Waals surface area contributed by atoms with Crippen LogP contribution in [0.1, 0.15) is 0 Å². The minimum atomic E-state index is 0.527. The van der Waals surface area contributed by atoms with E-state index >= 15 is 0 Å². The van der Waals surface area contributed by atoms with Gasteiger partial charge in [0.15, 0.2) is 34.9 Å². The van der Waals surface area contributed by atoms with Crippen molar-refractivity contribution in [2.75, 3.05) is 0 Å². The summed E-state index contributed by atoms with van der Waals surface area (Å²) in [4.78, 5) is 41.2. The number of pyridine rings is 2. The van der Waals surface area contributed by atoms with Crippen LogP contribution in [-0.2, 0) is 0 Å². The Balaban J connectivity index is 0.653. The summed E-state index contributed by atoms with van der Waals surface area (Å²) < 4.78 is 15.7. The zero-order valence-corrected chi connectivity index (χ0v) is 54.6. The maximum absolute atomic E-state index is 6.83. The van der Waals surface area contributed by atoms with Gasteiger partial charge >= 0.3 is 0 Å². The van der Waals surface area contributed by atoms with Crippen molar-refractivity contribution >= 4 is 97.2 Å². The SMILES string of the molecule is c1ccc(-c2ccc(-c3cc(-c4nc(-c5ccccc5)nc(-c5ccc(-c6ccc(-c7ccc8ccc(-c9ccc(-c%10nc(-c%11ccccc%11)nc(-c%11cccc%12c%11sc%11ccccc%11%12)n%10)c%10c9oc9ncccc9%10)cc8c7)cc6)c6ccccc56)n4)c4c(c3)oc3ncccc34)cc2)cc1. The highest BCUT2D eigenvalue weighted by atomic mass is 32.1. The molecule has 0 unspecified atom stereocenters. The van der Waals surface area contributed by atoms with Crippen molar-refractivity contribution in [3.05, 3.63) is 316 Å². The fourth-order valence-electron chi connectivity index (χ4n) is 14.5. The minimum Gasteiger partial charge on any atom is -0.438 e. The summed E-state index contributed by atoms with van der Waals surface area (Å²) in [7, 11) is 0. The molecule has 0 N–H and O–H groups in total. The third-order valence-corrected chi connectivity index (χ3v) is 20.6. The second-order valence-electron chi connectivity index (χ2n) is 25.3. The van der Waals surface area contributed by atoms with Crippen LogP contribution in [0.2, 0.25) is 0 Å². The van der Waals surface area contributed by atoms with Crippen molar-refractivity contribution in [1.82, 2.24) is 39.9 Å². The van der Waals surface area contributed by atoms with Gasteiger partial charge in [-0.3, -0.25) is 0 Å². The first-order chi connectivity index (χ1) is 50.0. The van der Waals surface area contributed by atoms with E-state index in [1.54, 1.807) is 23.7 Å². The predicted molar refractivity (Wildman–Crippen MR) is 411 cm³/mol. The molecule has 0 amide bonds. The molecule has 0 atom stereocenters. The van der Waals surface area contributed by atoms with Crippen LogP contribution in [0, 0.1) is 0 Å². The molecule has 13 aromatic carbocycles. The van der Waals surface area contributed by atoms with Gasteiger partial charge in [0, 0.05) is 93.1 Å². The van der Waals surface area contributed by atoms with E-state index in [4.69, 9.17) is 43.7 Å².